The summed E-state index contributed by atoms with van der Waals surface area (Å²) in [6, 6.07) is 18.1. The number of rotatable bonds is 9. The van der Waals surface area contributed by atoms with Gasteiger partial charge < -0.3 is 15.8 Å². The molecule has 3 aromatic rings. The Labute approximate surface area is 170 Å². The van der Waals surface area contributed by atoms with Crippen LogP contribution in [0, 0.1) is 0 Å². The van der Waals surface area contributed by atoms with Crippen LogP contribution in [-0.4, -0.2) is 29.4 Å². The molecule has 3 N–H and O–H groups in total. The summed E-state index contributed by atoms with van der Waals surface area (Å²) in [6.45, 7) is 0.698. The zero-order valence-electron chi connectivity index (χ0n) is 16.2. The number of hydrogen-bond donors (Lipinski definition) is 2. The second kappa shape index (κ2) is 10.3. The van der Waals surface area contributed by atoms with Crippen LogP contribution in [0.1, 0.15) is 35.3 Å². The Hall–Kier alpha value is -3.25. The van der Waals surface area contributed by atoms with Gasteiger partial charge in [0, 0.05) is 11.6 Å². The number of carbonyl (C=O) groups excluding carboxylic acids is 2. The number of fused-ring (bicyclic) bond motifs is 1. The van der Waals surface area contributed by atoms with Crippen LogP contribution in [0.25, 0.3) is 10.8 Å². The SMILES string of the molecule is NCCCC[C@H](NC(=O)c1cc2ccccc2cn1)C(=O)OCc1ccccc1. The highest BCUT2D eigenvalue weighted by molar-refractivity contribution is 5.98. The highest BCUT2D eigenvalue weighted by Gasteiger charge is 2.23. The molecule has 0 saturated heterocycles. The summed E-state index contributed by atoms with van der Waals surface area (Å²) < 4.78 is 5.42. The molecule has 1 aromatic heterocycles. The Balaban J connectivity index is 1.67. The van der Waals surface area contributed by atoms with Crippen molar-refractivity contribution in [3.63, 3.8) is 0 Å². The van der Waals surface area contributed by atoms with Crippen LogP contribution in [0.15, 0.2) is 66.9 Å². The van der Waals surface area contributed by atoms with Crippen molar-refractivity contribution in [1.29, 1.82) is 0 Å². The Morgan fingerprint density at radius 2 is 1.72 bits per heavy atom. The van der Waals surface area contributed by atoms with E-state index in [0.29, 0.717) is 19.4 Å². The first-order valence-electron chi connectivity index (χ1n) is 9.73. The fourth-order valence-electron chi connectivity index (χ4n) is 3.01. The van der Waals surface area contributed by atoms with Gasteiger partial charge in [0.15, 0.2) is 0 Å². The minimum absolute atomic E-state index is 0.164. The normalized spacial score (nSPS) is 11.8. The van der Waals surface area contributed by atoms with Crippen molar-refractivity contribution in [2.45, 2.75) is 31.9 Å². The van der Waals surface area contributed by atoms with Crippen molar-refractivity contribution in [3.8, 4) is 0 Å². The summed E-state index contributed by atoms with van der Waals surface area (Å²) in [6.07, 6.45) is 3.60. The molecule has 0 bridgehead atoms. The number of pyridine rings is 1. The molecule has 0 aliphatic rings. The monoisotopic (exact) mass is 391 g/mol. The van der Waals surface area contributed by atoms with Gasteiger partial charge in [0.1, 0.15) is 18.3 Å². The molecule has 0 saturated carbocycles. The van der Waals surface area contributed by atoms with E-state index in [9.17, 15) is 9.59 Å². The Morgan fingerprint density at radius 3 is 2.48 bits per heavy atom. The number of hydrogen-bond acceptors (Lipinski definition) is 5. The molecular formula is C23H25N3O3. The largest absolute Gasteiger partial charge is 0.459 e. The molecule has 2 aromatic carbocycles. The minimum atomic E-state index is -0.744. The molecule has 0 spiro atoms. The molecule has 6 heteroatoms. The minimum Gasteiger partial charge on any atom is -0.459 e. The predicted octanol–water partition coefficient (Wildman–Crippen LogP) is 3.21. The van der Waals surface area contributed by atoms with E-state index in [-0.39, 0.29) is 12.3 Å². The number of nitrogens with one attached hydrogen (secondary N) is 1. The smallest absolute Gasteiger partial charge is 0.328 e. The number of amides is 1. The van der Waals surface area contributed by atoms with E-state index in [1.807, 2.05) is 54.6 Å². The first kappa shape index (κ1) is 20.5. The number of esters is 1. The summed E-state index contributed by atoms with van der Waals surface area (Å²) in [5.74, 6) is -0.856. The standard InChI is InChI=1S/C23H25N3O3/c24-13-7-6-12-20(23(28)29-16-17-8-2-1-3-9-17)26-22(27)21-14-18-10-4-5-11-19(18)15-25-21/h1-5,8-11,14-15,20H,6-7,12-13,16,24H2,(H,26,27)/t20-/m0/s1. The third-order valence-corrected chi connectivity index (χ3v) is 4.62. The summed E-state index contributed by atoms with van der Waals surface area (Å²) in [7, 11) is 0. The lowest BCUT2D eigenvalue weighted by Gasteiger charge is -2.17. The third-order valence-electron chi connectivity index (χ3n) is 4.62. The molecule has 0 unspecified atom stereocenters. The average Bonchev–Trinajstić information content (AvgIpc) is 2.77. The zero-order chi connectivity index (χ0) is 20.5. The number of benzene rings is 2. The highest BCUT2D eigenvalue weighted by Crippen LogP contribution is 2.14. The summed E-state index contributed by atoms with van der Waals surface area (Å²) in [4.78, 5) is 29.5. The van der Waals surface area contributed by atoms with Crippen LogP contribution >= 0.6 is 0 Å². The van der Waals surface area contributed by atoms with Crippen LogP contribution in [0.3, 0.4) is 0 Å². The second-order valence-electron chi connectivity index (χ2n) is 6.82. The first-order chi connectivity index (χ1) is 14.2. The Morgan fingerprint density at radius 1 is 1.00 bits per heavy atom. The maximum atomic E-state index is 12.7. The van der Waals surface area contributed by atoms with Crippen molar-refractivity contribution < 1.29 is 14.3 Å². The molecule has 0 fully saturated rings. The number of unbranched alkanes of at least 4 members (excludes halogenated alkanes) is 1. The molecule has 150 valence electrons. The van der Waals surface area contributed by atoms with Gasteiger partial charge in [0.05, 0.1) is 0 Å². The lowest BCUT2D eigenvalue weighted by atomic mass is 10.1. The van der Waals surface area contributed by atoms with Gasteiger partial charge in [-0.25, -0.2) is 4.79 Å². The zero-order valence-corrected chi connectivity index (χ0v) is 16.2. The number of aromatic nitrogens is 1. The van der Waals surface area contributed by atoms with Gasteiger partial charge in [-0.15, -0.1) is 0 Å². The third kappa shape index (κ3) is 5.86. The van der Waals surface area contributed by atoms with Gasteiger partial charge in [-0.1, -0.05) is 54.6 Å². The van der Waals surface area contributed by atoms with E-state index in [1.165, 1.54) is 0 Å². The van der Waals surface area contributed by atoms with E-state index in [4.69, 9.17) is 10.5 Å². The molecule has 1 atom stereocenters. The van der Waals surface area contributed by atoms with E-state index < -0.39 is 17.9 Å². The maximum absolute atomic E-state index is 12.7. The molecule has 1 heterocycles. The van der Waals surface area contributed by atoms with Crippen LogP contribution < -0.4 is 11.1 Å². The van der Waals surface area contributed by atoms with Crippen LogP contribution in [0.5, 0.6) is 0 Å². The second-order valence-corrected chi connectivity index (χ2v) is 6.82. The Kier molecular flexibility index (Phi) is 7.30. The van der Waals surface area contributed by atoms with Crippen molar-refractivity contribution >= 4 is 22.6 Å². The average molecular weight is 391 g/mol. The van der Waals surface area contributed by atoms with Gasteiger partial charge in [0.25, 0.3) is 5.91 Å². The van der Waals surface area contributed by atoms with E-state index >= 15 is 0 Å². The van der Waals surface area contributed by atoms with Crippen LogP contribution in [-0.2, 0) is 16.1 Å². The van der Waals surface area contributed by atoms with Crippen molar-refractivity contribution in [1.82, 2.24) is 10.3 Å². The quantitative estimate of drug-likeness (QED) is 0.431. The molecule has 0 radical (unpaired) electrons. The van der Waals surface area contributed by atoms with Gasteiger partial charge in [-0.05, 0) is 42.8 Å². The van der Waals surface area contributed by atoms with Gasteiger partial charge in [0.2, 0.25) is 0 Å². The lowest BCUT2D eigenvalue weighted by molar-refractivity contribution is -0.147. The molecule has 3 rings (SSSR count). The predicted molar refractivity (Wildman–Crippen MR) is 112 cm³/mol. The number of ether oxygens (including phenoxy) is 1. The van der Waals surface area contributed by atoms with Crippen LogP contribution in [0.4, 0.5) is 0 Å². The molecular weight excluding hydrogens is 366 g/mol. The van der Waals surface area contributed by atoms with E-state index in [2.05, 4.69) is 10.3 Å². The summed E-state index contributed by atoms with van der Waals surface area (Å²) in [5.41, 5.74) is 6.72. The number of nitrogens with zero attached hydrogens (tertiary/aromatic N) is 1. The summed E-state index contributed by atoms with van der Waals surface area (Å²) >= 11 is 0. The number of carbonyl (C=O) groups is 2. The molecule has 0 aliphatic carbocycles. The molecule has 29 heavy (non-hydrogen) atoms. The summed E-state index contributed by atoms with van der Waals surface area (Å²) in [5, 5.41) is 4.64. The Bertz CT molecular complexity index is 960. The topological polar surface area (TPSA) is 94.3 Å². The first-order valence-corrected chi connectivity index (χ1v) is 9.73. The van der Waals surface area contributed by atoms with Gasteiger partial charge >= 0.3 is 5.97 Å². The van der Waals surface area contributed by atoms with Crippen molar-refractivity contribution in [2.75, 3.05) is 6.54 Å². The molecule has 1 amide bonds. The van der Waals surface area contributed by atoms with Crippen molar-refractivity contribution in [3.05, 3.63) is 78.1 Å². The maximum Gasteiger partial charge on any atom is 0.328 e. The van der Waals surface area contributed by atoms with Crippen molar-refractivity contribution in [2.24, 2.45) is 5.73 Å². The number of nitrogens with two attached hydrogens (primary N) is 1. The fourth-order valence-corrected chi connectivity index (χ4v) is 3.01. The van der Waals surface area contributed by atoms with E-state index in [0.717, 1.165) is 22.8 Å². The molecule has 6 nitrogen and oxygen atoms in total. The fraction of sp³-hybridized carbons (Fsp3) is 0.261. The van der Waals surface area contributed by atoms with Crippen LogP contribution in [0.2, 0.25) is 0 Å². The van der Waals surface area contributed by atoms with Gasteiger partial charge in [-0.3, -0.25) is 9.78 Å². The van der Waals surface area contributed by atoms with Gasteiger partial charge in [-0.2, -0.15) is 0 Å². The highest BCUT2D eigenvalue weighted by atomic mass is 16.5. The lowest BCUT2D eigenvalue weighted by Crippen LogP contribution is -2.42. The van der Waals surface area contributed by atoms with E-state index in [1.54, 1.807) is 12.3 Å². The molecule has 0 aliphatic heterocycles.